The van der Waals surface area contributed by atoms with Gasteiger partial charge in [-0.1, -0.05) is 17.7 Å². The number of aromatic hydroxyl groups is 1. The summed E-state index contributed by atoms with van der Waals surface area (Å²) in [5.74, 6) is -0.117. The van der Waals surface area contributed by atoms with Gasteiger partial charge in [-0.15, -0.1) is 0 Å². The molecular formula is C15H13ClN2O3. The number of phenolic OH excluding ortho intramolecular Hbond substituents is 1. The number of phenols is 1. The van der Waals surface area contributed by atoms with E-state index in [0.29, 0.717) is 10.7 Å². The predicted octanol–water partition coefficient (Wildman–Crippen LogP) is 3.53. The van der Waals surface area contributed by atoms with E-state index in [-0.39, 0.29) is 17.5 Å². The van der Waals surface area contributed by atoms with E-state index in [1.54, 1.807) is 0 Å². The molecule has 2 N–H and O–H groups in total. The normalized spacial score (nSPS) is 16.5. The van der Waals surface area contributed by atoms with Crippen LogP contribution in [0.3, 0.4) is 0 Å². The molecule has 0 bridgehead atoms. The molecule has 0 aromatic heterocycles. The Labute approximate surface area is 126 Å². The molecular weight excluding hydrogens is 292 g/mol. The van der Waals surface area contributed by atoms with Crippen molar-refractivity contribution in [3.63, 3.8) is 0 Å². The first-order chi connectivity index (χ1) is 10.0. The predicted molar refractivity (Wildman–Crippen MR) is 81.0 cm³/mol. The highest BCUT2D eigenvalue weighted by Gasteiger charge is 2.24. The maximum atomic E-state index is 11.0. The highest BCUT2D eigenvalue weighted by molar-refractivity contribution is 6.30. The van der Waals surface area contributed by atoms with Crippen LogP contribution in [0.2, 0.25) is 5.02 Å². The molecule has 21 heavy (non-hydrogen) atoms. The fraction of sp³-hybridized carbons (Fsp3) is 0.200. The zero-order chi connectivity index (χ0) is 15.0. The number of rotatable bonds is 3. The van der Waals surface area contributed by atoms with Gasteiger partial charge in [0, 0.05) is 11.1 Å². The van der Waals surface area contributed by atoms with Crippen molar-refractivity contribution in [2.45, 2.75) is 18.9 Å². The molecule has 0 heterocycles. The van der Waals surface area contributed by atoms with Crippen molar-refractivity contribution >= 4 is 23.0 Å². The molecule has 0 radical (unpaired) electrons. The van der Waals surface area contributed by atoms with Crippen molar-refractivity contribution in [1.82, 2.24) is 0 Å². The molecule has 2 aromatic carbocycles. The van der Waals surface area contributed by atoms with Crippen LogP contribution in [0, 0.1) is 10.1 Å². The minimum atomic E-state index is -0.499. The average molecular weight is 305 g/mol. The fourth-order valence-electron chi connectivity index (χ4n) is 2.70. The van der Waals surface area contributed by atoms with Crippen LogP contribution in [0.5, 0.6) is 5.75 Å². The van der Waals surface area contributed by atoms with Gasteiger partial charge in [0.15, 0.2) is 0 Å². The Kier molecular flexibility index (Phi) is 3.43. The van der Waals surface area contributed by atoms with Crippen molar-refractivity contribution in [3.05, 3.63) is 62.7 Å². The van der Waals surface area contributed by atoms with Crippen LogP contribution < -0.4 is 5.32 Å². The summed E-state index contributed by atoms with van der Waals surface area (Å²) in [4.78, 5) is 10.5. The Bertz CT molecular complexity index is 718. The molecule has 0 amide bonds. The first-order valence-corrected chi connectivity index (χ1v) is 6.92. The van der Waals surface area contributed by atoms with Crippen molar-refractivity contribution in [1.29, 1.82) is 0 Å². The number of benzene rings is 2. The molecule has 108 valence electrons. The molecule has 6 heteroatoms. The molecule has 0 spiro atoms. The van der Waals surface area contributed by atoms with Crippen LogP contribution in [0.25, 0.3) is 0 Å². The topological polar surface area (TPSA) is 75.4 Å². The molecule has 0 saturated carbocycles. The summed E-state index contributed by atoms with van der Waals surface area (Å²) >= 11 is 5.98. The zero-order valence-electron chi connectivity index (χ0n) is 11.0. The lowest BCUT2D eigenvalue weighted by Gasteiger charge is -2.13. The van der Waals surface area contributed by atoms with Crippen molar-refractivity contribution in [2.75, 3.05) is 5.32 Å². The molecule has 0 fully saturated rings. The second kappa shape index (κ2) is 5.26. The standard InChI is InChI=1S/C15H13ClN2O3/c16-11-2-1-9-6-12(7-10(9)5-11)17-14-4-3-13(19)8-15(14)18(20)21/h1-5,8,12,17,19H,6-7H2. The summed E-state index contributed by atoms with van der Waals surface area (Å²) in [6.45, 7) is 0. The van der Waals surface area contributed by atoms with Gasteiger partial charge in [0.1, 0.15) is 11.4 Å². The molecule has 1 unspecified atom stereocenters. The molecule has 1 atom stereocenters. The number of nitro groups is 1. The van der Waals surface area contributed by atoms with E-state index in [1.807, 2.05) is 18.2 Å². The lowest BCUT2D eigenvalue weighted by Crippen LogP contribution is -2.20. The zero-order valence-corrected chi connectivity index (χ0v) is 11.8. The van der Waals surface area contributed by atoms with Gasteiger partial charge >= 0.3 is 0 Å². The third-order valence-corrected chi connectivity index (χ3v) is 3.87. The van der Waals surface area contributed by atoms with Gasteiger partial charge in [0.25, 0.3) is 5.69 Å². The van der Waals surface area contributed by atoms with E-state index in [2.05, 4.69) is 5.32 Å². The summed E-state index contributed by atoms with van der Waals surface area (Å²) < 4.78 is 0. The molecule has 2 aromatic rings. The summed E-state index contributed by atoms with van der Waals surface area (Å²) in [6, 6.07) is 9.99. The molecule has 0 aliphatic heterocycles. The van der Waals surface area contributed by atoms with Crippen molar-refractivity contribution in [3.8, 4) is 5.75 Å². The Hall–Kier alpha value is -2.27. The van der Waals surface area contributed by atoms with E-state index >= 15 is 0 Å². The van der Waals surface area contributed by atoms with E-state index in [9.17, 15) is 15.2 Å². The summed E-state index contributed by atoms with van der Waals surface area (Å²) in [5.41, 5.74) is 2.67. The highest BCUT2D eigenvalue weighted by atomic mass is 35.5. The Morgan fingerprint density at radius 3 is 2.71 bits per heavy atom. The van der Waals surface area contributed by atoms with Crippen LogP contribution in [-0.2, 0) is 12.8 Å². The smallest absolute Gasteiger partial charge is 0.296 e. The van der Waals surface area contributed by atoms with Gasteiger partial charge in [0.05, 0.1) is 11.0 Å². The lowest BCUT2D eigenvalue weighted by molar-refractivity contribution is -0.384. The quantitative estimate of drug-likeness (QED) is 0.517. The third kappa shape index (κ3) is 2.78. The summed E-state index contributed by atoms with van der Waals surface area (Å²) in [5, 5.41) is 24.3. The second-order valence-electron chi connectivity index (χ2n) is 5.12. The number of nitrogens with one attached hydrogen (secondary N) is 1. The van der Waals surface area contributed by atoms with Gasteiger partial charge in [-0.3, -0.25) is 10.1 Å². The van der Waals surface area contributed by atoms with E-state index in [0.717, 1.165) is 18.9 Å². The first-order valence-electron chi connectivity index (χ1n) is 6.54. The summed E-state index contributed by atoms with van der Waals surface area (Å²) in [7, 11) is 0. The highest BCUT2D eigenvalue weighted by Crippen LogP contribution is 2.32. The minimum absolute atomic E-state index is 0.0849. The number of hydrogen-bond acceptors (Lipinski definition) is 4. The Balaban J connectivity index is 1.82. The van der Waals surface area contributed by atoms with Gasteiger partial charge in [-0.2, -0.15) is 0 Å². The van der Waals surface area contributed by atoms with E-state index < -0.39 is 4.92 Å². The van der Waals surface area contributed by atoms with E-state index in [1.165, 1.54) is 23.3 Å². The van der Waals surface area contributed by atoms with Gasteiger partial charge in [-0.25, -0.2) is 0 Å². The van der Waals surface area contributed by atoms with Crippen molar-refractivity contribution in [2.24, 2.45) is 0 Å². The Morgan fingerprint density at radius 1 is 1.19 bits per heavy atom. The number of halogens is 1. The number of anilines is 1. The second-order valence-corrected chi connectivity index (χ2v) is 5.56. The van der Waals surface area contributed by atoms with E-state index in [4.69, 9.17) is 11.6 Å². The Morgan fingerprint density at radius 2 is 1.95 bits per heavy atom. The van der Waals surface area contributed by atoms with Gasteiger partial charge in [-0.05, 0) is 48.2 Å². The number of hydrogen-bond donors (Lipinski definition) is 2. The molecule has 1 aliphatic rings. The van der Waals surface area contributed by atoms with Gasteiger partial charge < -0.3 is 10.4 Å². The minimum Gasteiger partial charge on any atom is -0.508 e. The maximum absolute atomic E-state index is 11.0. The van der Waals surface area contributed by atoms with Crippen LogP contribution in [-0.4, -0.2) is 16.1 Å². The largest absolute Gasteiger partial charge is 0.508 e. The molecule has 1 aliphatic carbocycles. The van der Waals surface area contributed by atoms with Crippen LogP contribution >= 0.6 is 11.6 Å². The number of nitrogens with zero attached hydrogens (tertiary/aromatic N) is 1. The van der Waals surface area contributed by atoms with Crippen LogP contribution in [0.1, 0.15) is 11.1 Å². The van der Waals surface area contributed by atoms with Crippen LogP contribution in [0.15, 0.2) is 36.4 Å². The summed E-state index contributed by atoms with van der Waals surface area (Å²) in [6.07, 6.45) is 1.57. The maximum Gasteiger partial charge on any atom is 0.296 e. The average Bonchev–Trinajstić information content (AvgIpc) is 2.82. The van der Waals surface area contributed by atoms with Gasteiger partial charge in [0.2, 0.25) is 0 Å². The SMILES string of the molecule is O=[N+]([O-])c1cc(O)ccc1NC1Cc2ccc(Cl)cc2C1. The first kappa shape index (κ1) is 13.7. The monoisotopic (exact) mass is 304 g/mol. The third-order valence-electron chi connectivity index (χ3n) is 3.64. The fourth-order valence-corrected chi connectivity index (χ4v) is 2.90. The number of nitro benzene ring substituents is 1. The molecule has 5 nitrogen and oxygen atoms in total. The van der Waals surface area contributed by atoms with Crippen LogP contribution in [0.4, 0.5) is 11.4 Å². The van der Waals surface area contributed by atoms with Crippen molar-refractivity contribution < 1.29 is 10.0 Å². The lowest BCUT2D eigenvalue weighted by atomic mass is 10.1. The number of fused-ring (bicyclic) bond motifs is 1. The molecule has 3 rings (SSSR count). The molecule has 0 saturated heterocycles.